The van der Waals surface area contributed by atoms with Crippen LogP contribution in [0.1, 0.15) is 10.4 Å². The Hall–Kier alpha value is -1.94. The molecule has 0 amide bonds. The molecule has 0 atom stereocenters. The lowest BCUT2D eigenvalue weighted by atomic mass is 10.2. The molecule has 0 N–H and O–H groups in total. The Morgan fingerprint density at radius 3 is 2.56 bits per heavy atom. The molecule has 0 bridgehead atoms. The normalized spacial score (nSPS) is 10.2. The van der Waals surface area contributed by atoms with Crippen molar-refractivity contribution in [1.82, 2.24) is 0 Å². The van der Waals surface area contributed by atoms with Crippen LogP contribution in [-0.4, -0.2) is 6.29 Å². The molecule has 5 heteroatoms. The highest BCUT2D eigenvalue weighted by Crippen LogP contribution is 2.28. The zero-order valence-electron chi connectivity index (χ0n) is 8.99. The third-order valence-electron chi connectivity index (χ3n) is 2.22. The van der Waals surface area contributed by atoms with Gasteiger partial charge in [0.25, 0.3) is 0 Å². The lowest BCUT2D eigenvalue weighted by Gasteiger charge is -2.08. The van der Waals surface area contributed by atoms with Gasteiger partial charge in [-0.05, 0) is 30.3 Å². The van der Waals surface area contributed by atoms with Gasteiger partial charge in [0.15, 0.2) is 6.29 Å². The quantitative estimate of drug-likeness (QED) is 0.779. The molecule has 0 saturated heterocycles. The summed E-state index contributed by atoms with van der Waals surface area (Å²) in [6, 6.07) is 7.30. The van der Waals surface area contributed by atoms with E-state index in [0.717, 1.165) is 18.2 Å². The molecule has 2 nitrogen and oxygen atoms in total. The fraction of sp³-hybridized carbons (Fsp3) is 0. The number of ether oxygens (including phenoxy) is 1. The second-order valence-corrected chi connectivity index (χ2v) is 3.89. The lowest BCUT2D eigenvalue weighted by Crippen LogP contribution is -1.92. The van der Waals surface area contributed by atoms with E-state index in [0.29, 0.717) is 6.29 Å². The average molecular weight is 269 g/mol. The molecule has 0 unspecified atom stereocenters. The summed E-state index contributed by atoms with van der Waals surface area (Å²) in [5.41, 5.74) is 0.0652. The SMILES string of the molecule is O=Cc1cc(F)ccc1Oc1ccc(F)c(Cl)c1. The largest absolute Gasteiger partial charge is 0.457 e. The summed E-state index contributed by atoms with van der Waals surface area (Å²) in [5.74, 6) is -0.675. The number of carbonyl (C=O) groups excluding carboxylic acids is 1. The van der Waals surface area contributed by atoms with Gasteiger partial charge in [-0.15, -0.1) is 0 Å². The Morgan fingerprint density at radius 2 is 1.89 bits per heavy atom. The highest BCUT2D eigenvalue weighted by atomic mass is 35.5. The summed E-state index contributed by atoms with van der Waals surface area (Å²) in [6.45, 7) is 0. The molecule has 0 fully saturated rings. The first-order valence-corrected chi connectivity index (χ1v) is 5.35. The summed E-state index contributed by atoms with van der Waals surface area (Å²) in [6.07, 6.45) is 0.476. The molecular formula is C13H7ClF2O2. The molecule has 0 radical (unpaired) electrons. The Labute approximate surface area is 107 Å². The Bertz CT molecular complexity index is 600. The van der Waals surface area contributed by atoms with Gasteiger partial charge in [0.1, 0.15) is 23.1 Å². The van der Waals surface area contributed by atoms with Crippen molar-refractivity contribution < 1.29 is 18.3 Å². The highest BCUT2D eigenvalue weighted by molar-refractivity contribution is 6.30. The zero-order valence-corrected chi connectivity index (χ0v) is 9.75. The van der Waals surface area contributed by atoms with Gasteiger partial charge in [0.05, 0.1) is 10.6 Å². The summed E-state index contributed by atoms with van der Waals surface area (Å²) in [4.78, 5) is 10.8. The summed E-state index contributed by atoms with van der Waals surface area (Å²) in [5, 5.41) is -0.0951. The minimum absolute atomic E-state index is 0.0652. The number of aldehydes is 1. The molecule has 0 heterocycles. The predicted octanol–water partition coefficient (Wildman–Crippen LogP) is 4.22. The topological polar surface area (TPSA) is 26.3 Å². The maximum Gasteiger partial charge on any atom is 0.153 e. The van der Waals surface area contributed by atoms with Crippen molar-refractivity contribution in [3.63, 3.8) is 0 Å². The van der Waals surface area contributed by atoms with Crippen LogP contribution in [0.5, 0.6) is 11.5 Å². The molecule has 0 aliphatic carbocycles. The van der Waals surface area contributed by atoms with E-state index < -0.39 is 11.6 Å². The van der Waals surface area contributed by atoms with Gasteiger partial charge in [0.2, 0.25) is 0 Å². The van der Waals surface area contributed by atoms with Gasteiger partial charge in [-0.1, -0.05) is 11.6 Å². The second-order valence-electron chi connectivity index (χ2n) is 3.48. The van der Waals surface area contributed by atoms with Crippen LogP contribution in [-0.2, 0) is 0 Å². The van der Waals surface area contributed by atoms with Crippen molar-refractivity contribution in [2.24, 2.45) is 0 Å². The molecule has 0 aliphatic rings. The van der Waals surface area contributed by atoms with Crippen molar-refractivity contribution >= 4 is 17.9 Å². The first kappa shape index (κ1) is 12.5. The number of rotatable bonds is 3. The van der Waals surface area contributed by atoms with E-state index in [1.54, 1.807) is 0 Å². The van der Waals surface area contributed by atoms with Crippen LogP contribution >= 0.6 is 11.6 Å². The van der Waals surface area contributed by atoms with E-state index in [1.807, 2.05) is 0 Å². The van der Waals surface area contributed by atoms with Crippen molar-refractivity contribution in [2.45, 2.75) is 0 Å². The van der Waals surface area contributed by atoms with E-state index in [2.05, 4.69) is 0 Å². The van der Waals surface area contributed by atoms with Crippen molar-refractivity contribution in [3.8, 4) is 11.5 Å². The smallest absolute Gasteiger partial charge is 0.153 e. The van der Waals surface area contributed by atoms with E-state index in [9.17, 15) is 13.6 Å². The third-order valence-corrected chi connectivity index (χ3v) is 2.51. The highest BCUT2D eigenvalue weighted by Gasteiger charge is 2.07. The first-order valence-electron chi connectivity index (χ1n) is 4.98. The Kier molecular flexibility index (Phi) is 3.58. The molecule has 2 aromatic rings. The van der Waals surface area contributed by atoms with E-state index in [4.69, 9.17) is 16.3 Å². The van der Waals surface area contributed by atoms with Crippen LogP contribution in [0.15, 0.2) is 36.4 Å². The number of halogens is 3. The van der Waals surface area contributed by atoms with Gasteiger partial charge in [-0.25, -0.2) is 8.78 Å². The molecule has 92 valence electrons. The summed E-state index contributed by atoms with van der Waals surface area (Å²) < 4.78 is 31.2. The average Bonchev–Trinajstić information content (AvgIpc) is 2.36. The number of benzene rings is 2. The molecule has 0 spiro atoms. The van der Waals surface area contributed by atoms with Crippen LogP contribution in [0, 0.1) is 11.6 Å². The standard InChI is InChI=1S/C13H7ClF2O2/c14-11-6-10(2-3-12(11)16)18-13-4-1-9(15)5-8(13)7-17/h1-7H. The minimum atomic E-state index is -0.571. The summed E-state index contributed by atoms with van der Waals surface area (Å²) >= 11 is 5.59. The van der Waals surface area contributed by atoms with Gasteiger partial charge < -0.3 is 4.74 Å². The molecular weight excluding hydrogens is 262 g/mol. The van der Waals surface area contributed by atoms with E-state index in [-0.39, 0.29) is 22.1 Å². The van der Waals surface area contributed by atoms with Gasteiger partial charge in [0, 0.05) is 6.07 Å². The zero-order chi connectivity index (χ0) is 13.1. The van der Waals surface area contributed by atoms with Crippen LogP contribution in [0.25, 0.3) is 0 Å². The number of hydrogen-bond acceptors (Lipinski definition) is 2. The lowest BCUT2D eigenvalue weighted by molar-refractivity contribution is 0.112. The Balaban J connectivity index is 2.33. The predicted molar refractivity (Wildman–Crippen MR) is 63.3 cm³/mol. The maximum atomic E-state index is 12.9. The molecule has 2 aromatic carbocycles. The van der Waals surface area contributed by atoms with Gasteiger partial charge in [-0.3, -0.25) is 4.79 Å². The van der Waals surface area contributed by atoms with E-state index in [1.165, 1.54) is 18.2 Å². The van der Waals surface area contributed by atoms with Gasteiger partial charge >= 0.3 is 0 Å². The fourth-order valence-electron chi connectivity index (χ4n) is 1.37. The minimum Gasteiger partial charge on any atom is -0.457 e. The van der Waals surface area contributed by atoms with E-state index >= 15 is 0 Å². The monoisotopic (exact) mass is 268 g/mol. The maximum absolute atomic E-state index is 12.9. The molecule has 0 aliphatic heterocycles. The van der Waals surface area contributed by atoms with Crippen molar-refractivity contribution in [3.05, 3.63) is 58.6 Å². The molecule has 0 saturated carbocycles. The van der Waals surface area contributed by atoms with Crippen LogP contribution in [0.3, 0.4) is 0 Å². The third kappa shape index (κ3) is 2.65. The van der Waals surface area contributed by atoms with Crippen LogP contribution in [0.2, 0.25) is 5.02 Å². The second kappa shape index (κ2) is 5.14. The van der Waals surface area contributed by atoms with Crippen molar-refractivity contribution in [1.29, 1.82) is 0 Å². The van der Waals surface area contributed by atoms with Crippen LogP contribution in [0.4, 0.5) is 8.78 Å². The number of carbonyl (C=O) groups is 1. The van der Waals surface area contributed by atoms with Crippen LogP contribution < -0.4 is 4.74 Å². The molecule has 18 heavy (non-hydrogen) atoms. The first-order chi connectivity index (χ1) is 8.60. The van der Waals surface area contributed by atoms with Crippen molar-refractivity contribution in [2.75, 3.05) is 0 Å². The van der Waals surface area contributed by atoms with Gasteiger partial charge in [-0.2, -0.15) is 0 Å². The molecule has 2 rings (SSSR count). The molecule has 0 aromatic heterocycles. The fourth-order valence-corrected chi connectivity index (χ4v) is 1.54. The Morgan fingerprint density at radius 1 is 1.11 bits per heavy atom. The number of hydrogen-bond donors (Lipinski definition) is 0. The summed E-state index contributed by atoms with van der Waals surface area (Å²) in [7, 11) is 0.